The Morgan fingerprint density at radius 3 is 2.76 bits per heavy atom. The van der Waals surface area contributed by atoms with Gasteiger partial charge >= 0.3 is 0 Å². The fraction of sp³-hybridized carbons (Fsp3) is 0.692. The van der Waals surface area contributed by atoms with Gasteiger partial charge < -0.3 is 4.74 Å². The second-order valence-corrected chi connectivity index (χ2v) is 4.23. The molecule has 0 bridgehead atoms. The molecule has 0 aliphatic heterocycles. The Bertz CT molecular complexity index is 343. The zero-order valence-corrected chi connectivity index (χ0v) is 11.0. The fourth-order valence-electron chi connectivity index (χ4n) is 1.88. The van der Waals surface area contributed by atoms with Crippen LogP contribution in [0, 0.1) is 0 Å². The van der Waals surface area contributed by atoms with Crippen LogP contribution in [0.1, 0.15) is 44.8 Å². The van der Waals surface area contributed by atoms with Crippen LogP contribution in [0.15, 0.2) is 12.3 Å². The summed E-state index contributed by atoms with van der Waals surface area (Å²) in [6, 6.07) is 2.47. The molecule has 0 radical (unpaired) electrons. The van der Waals surface area contributed by atoms with Gasteiger partial charge in [-0.15, -0.1) is 0 Å². The Morgan fingerprint density at radius 1 is 1.47 bits per heavy atom. The largest absolute Gasteiger partial charge is 0.377 e. The summed E-state index contributed by atoms with van der Waals surface area (Å²) in [6.07, 6.45) is 5.39. The number of rotatable bonds is 8. The van der Waals surface area contributed by atoms with Crippen LogP contribution in [0.3, 0.4) is 0 Å². The van der Waals surface area contributed by atoms with Crippen molar-refractivity contribution < 1.29 is 9.53 Å². The Kier molecular flexibility index (Phi) is 5.91. The first-order valence-electron chi connectivity index (χ1n) is 6.25. The van der Waals surface area contributed by atoms with Crippen molar-refractivity contribution in [3.05, 3.63) is 18.0 Å². The lowest BCUT2D eigenvalue weighted by molar-refractivity contribution is -0.122. The summed E-state index contributed by atoms with van der Waals surface area (Å²) in [7, 11) is 1.54. The first kappa shape index (κ1) is 13.9. The monoisotopic (exact) mass is 238 g/mol. The predicted molar refractivity (Wildman–Crippen MR) is 67.1 cm³/mol. The molecular formula is C13H22N2O2. The molecule has 0 atom stereocenters. The van der Waals surface area contributed by atoms with Gasteiger partial charge in [0, 0.05) is 19.7 Å². The van der Waals surface area contributed by atoms with Gasteiger partial charge in [0.1, 0.15) is 6.61 Å². The van der Waals surface area contributed by atoms with E-state index in [9.17, 15) is 4.79 Å². The second-order valence-electron chi connectivity index (χ2n) is 4.23. The molecule has 1 rings (SSSR count). The van der Waals surface area contributed by atoms with Gasteiger partial charge in [-0.05, 0) is 25.3 Å². The van der Waals surface area contributed by atoms with Crippen LogP contribution in [0.5, 0.6) is 0 Å². The molecule has 17 heavy (non-hydrogen) atoms. The summed E-state index contributed by atoms with van der Waals surface area (Å²) >= 11 is 0. The van der Waals surface area contributed by atoms with Crippen molar-refractivity contribution in [3.63, 3.8) is 0 Å². The van der Waals surface area contributed by atoms with Gasteiger partial charge in [-0.25, -0.2) is 0 Å². The SMILES string of the molecule is CCC(CC)n1ccc(CCC(=O)COC)n1. The zero-order chi connectivity index (χ0) is 12.7. The van der Waals surface area contributed by atoms with E-state index < -0.39 is 0 Å². The number of ether oxygens (including phenoxy) is 1. The van der Waals surface area contributed by atoms with Gasteiger partial charge in [0.05, 0.1) is 11.7 Å². The smallest absolute Gasteiger partial charge is 0.158 e. The molecule has 0 aliphatic rings. The molecule has 1 aromatic rings. The van der Waals surface area contributed by atoms with Crippen LogP contribution >= 0.6 is 0 Å². The third kappa shape index (κ3) is 4.30. The molecule has 0 saturated carbocycles. The average Bonchev–Trinajstić information content (AvgIpc) is 2.77. The molecule has 96 valence electrons. The maximum absolute atomic E-state index is 11.3. The molecule has 0 fully saturated rings. The minimum atomic E-state index is 0.129. The van der Waals surface area contributed by atoms with Crippen LogP contribution in [-0.2, 0) is 16.0 Å². The molecule has 0 unspecified atom stereocenters. The van der Waals surface area contributed by atoms with E-state index in [4.69, 9.17) is 4.74 Å². The minimum Gasteiger partial charge on any atom is -0.377 e. The Morgan fingerprint density at radius 2 is 2.18 bits per heavy atom. The third-order valence-corrected chi connectivity index (χ3v) is 2.95. The van der Waals surface area contributed by atoms with E-state index in [2.05, 4.69) is 18.9 Å². The van der Waals surface area contributed by atoms with E-state index >= 15 is 0 Å². The molecular weight excluding hydrogens is 216 g/mol. The summed E-state index contributed by atoms with van der Waals surface area (Å²) in [4.78, 5) is 11.3. The van der Waals surface area contributed by atoms with Gasteiger partial charge in [-0.3, -0.25) is 9.48 Å². The van der Waals surface area contributed by atoms with E-state index in [1.54, 1.807) is 7.11 Å². The number of carbonyl (C=O) groups excluding carboxylic acids is 1. The van der Waals surface area contributed by atoms with Crippen molar-refractivity contribution >= 4 is 5.78 Å². The Hall–Kier alpha value is -1.16. The lowest BCUT2D eigenvalue weighted by atomic mass is 10.2. The van der Waals surface area contributed by atoms with E-state index in [-0.39, 0.29) is 12.4 Å². The Balaban J connectivity index is 2.48. The molecule has 4 nitrogen and oxygen atoms in total. The van der Waals surface area contributed by atoms with Crippen molar-refractivity contribution in [2.24, 2.45) is 0 Å². The highest BCUT2D eigenvalue weighted by Gasteiger charge is 2.09. The molecule has 0 aliphatic carbocycles. The van der Waals surface area contributed by atoms with E-state index in [1.807, 2.05) is 16.9 Å². The van der Waals surface area contributed by atoms with Crippen molar-refractivity contribution in [2.75, 3.05) is 13.7 Å². The lowest BCUT2D eigenvalue weighted by Crippen LogP contribution is -2.09. The molecule has 4 heteroatoms. The molecule has 0 saturated heterocycles. The number of carbonyl (C=O) groups is 1. The first-order valence-corrected chi connectivity index (χ1v) is 6.25. The normalized spacial score (nSPS) is 11.1. The van der Waals surface area contributed by atoms with Crippen LogP contribution in [-0.4, -0.2) is 29.3 Å². The molecule has 1 aromatic heterocycles. The minimum absolute atomic E-state index is 0.129. The number of aromatic nitrogens is 2. The number of hydrogen-bond acceptors (Lipinski definition) is 3. The predicted octanol–water partition coefficient (Wildman–Crippen LogP) is 2.39. The third-order valence-electron chi connectivity index (χ3n) is 2.95. The number of Topliss-reactive ketones (excluding diaryl/α,β-unsaturated/α-hetero) is 1. The van der Waals surface area contributed by atoms with Crippen molar-refractivity contribution in [2.45, 2.75) is 45.6 Å². The quantitative estimate of drug-likeness (QED) is 0.698. The van der Waals surface area contributed by atoms with Crippen molar-refractivity contribution in [1.82, 2.24) is 9.78 Å². The number of methoxy groups -OCH3 is 1. The van der Waals surface area contributed by atoms with E-state index in [1.165, 1.54) is 0 Å². The number of nitrogens with zero attached hydrogens (tertiary/aromatic N) is 2. The highest BCUT2D eigenvalue weighted by atomic mass is 16.5. The second kappa shape index (κ2) is 7.22. The van der Waals surface area contributed by atoms with Gasteiger partial charge in [-0.2, -0.15) is 5.10 Å². The van der Waals surface area contributed by atoms with Crippen molar-refractivity contribution in [1.29, 1.82) is 0 Å². The Labute approximate surface area is 103 Å². The summed E-state index contributed by atoms with van der Waals surface area (Å²) in [6.45, 7) is 4.53. The van der Waals surface area contributed by atoms with Gasteiger partial charge in [0.15, 0.2) is 5.78 Å². The summed E-state index contributed by atoms with van der Waals surface area (Å²) < 4.78 is 6.81. The van der Waals surface area contributed by atoms with Crippen LogP contribution < -0.4 is 0 Å². The molecule has 0 spiro atoms. The number of aryl methyl sites for hydroxylation is 1. The molecule has 0 aromatic carbocycles. The summed E-state index contributed by atoms with van der Waals surface area (Å²) in [5.41, 5.74) is 0.987. The summed E-state index contributed by atoms with van der Waals surface area (Å²) in [5.74, 6) is 0.129. The van der Waals surface area contributed by atoms with Crippen LogP contribution in [0.25, 0.3) is 0 Å². The summed E-state index contributed by atoms with van der Waals surface area (Å²) in [5, 5.41) is 4.51. The van der Waals surface area contributed by atoms with Crippen molar-refractivity contribution in [3.8, 4) is 0 Å². The van der Waals surface area contributed by atoms with E-state index in [0.29, 0.717) is 18.9 Å². The molecule has 1 heterocycles. The highest BCUT2D eigenvalue weighted by Crippen LogP contribution is 2.14. The maximum atomic E-state index is 11.3. The fourth-order valence-corrected chi connectivity index (χ4v) is 1.88. The topological polar surface area (TPSA) is 44.1 Å². The van der Waals surface area contributed by atoms with Crippen LogP contribution in [0.4, 0.5) is 0 Å². The standard InChI is InChI=1S/C13H22N2O2/c1-4-12(5-2)15-9-8-11(14-15)6-7-13(16)10-17-3/h8-9,12H,4-7,10H2,1-3H3. The maximum Gasteiger partial charge on any atom is 0.158 e. The average molecular weight is 238 g/mol. The lowest BCUT2D eigenvalue weighted by Gasteiger charge is -2.12. The van der Waals surface area contributed by atoms with Gasteiger partial charge in [-0.1, -0.05) is 13.8 Å². The highest BCUT2D eigenvalue weighted by molar-refractivity contribution is 5.79. The van der Waals surface area contributed by atoms with Crippen LogP contribution in [0.2, 0.25) is 0 Å². The molecule has 0 N–H and O–H groups in total. The van der Waals surface area contributed by atoms with Gasteiger partial charge in [0.2, 0.25) is 0 Å². The number of ketones is 1. The zero-order valence-electron chi connectivity index (χ0n) is 11.0. The van der Waals surface area contributed by atoms with E-state index in [0.717, 1.165) is 18.5 Å². The van der Waals surface area contributed by atoms with Gasteiger partial charge in [0.25, 0.3) is 0 Å². The first-order chi connectivity index (χ1) is 8.21. The molecule has 0 amide bonds. The number of hydrogen-bond donors (Lipinski definition) is 0.